The molecule has 2 aliphatic rings. The molecule has 4 N–H and O–H groups in total. The van der Waals surface area contributed by atoms with Crippen molar-refractivity contribution in [3.63, 3.8) is 0 Å². The fourth-order valence-electron chi connectivity index (χ4n) is 1.91. The quantitative estimate of drug-likeness (QED) is 0.477. The first kappa shape index (κ1) is 14.6. The number of amides is 3. The van der Waals surface area contributed by atoms with E-state index in [0.717, 1.165) is 12.8 Å². The summed E-state index contributed by atoms with van der Waals surface area (Å²) < 4.78 is 0. The van der Waals surface area contributed by atoms with Crippen molar-refractivity contribution >= 4 is 17.9 Å². The van der Waals surface area contributed by atoms with Gasteiger partial charge in [0, 0.05) is 25.6 Å². The molecule has 7 heteroatoms. The number of carboxylic acid groups (broad SMARTS) is 1. The summed E-state index contributed by atoms with van der Waals surface area (Å²) in [5.74, 6) is -0.827. The molecule has 0 spiro atoms. The normalized spacial score (nSPS) is 19.0. The van der Waals surface area contributed by atoms with E-state index in [4.69, 9.17) is 5.11 Å². The van der Waals surface area contributed by atoms with Crippen molar-refractivity contribution in [2.45, 2.75) is 44.6 Å². The van der Waals surface area contributed by atoms with Crippen LogP contribution in [0.1, 0.15) is 38.5 Å². The van der Waals surface area contributed by atoms with E-state index in [-0.39, 0.29) is 18.5 Å². The van der Waals surface area contributed by atoms with Crippen LogP contribution < -0.4 is 16.0 Å². The third-order valence-corrected chi connectivity index (χ3v) is 3.70. The molecule has 0 heterocycles. The van der Waals surface area contributed by atoms with Crippen LogP contribution in [0.3, 0.4) is 0 Å². The van der Waals surface area contributed by atoms with Gasteiger partial charge in [-0.3, -0.25) is 9.59 Å². The van der Waals surface area contributed by atoms with E-state index in [9.17, 15) is 14.4 Å². The Morgan fingerprint density at radius 3 is 2.40 bits per heavy atom. The predicted molar refractivity (Wildman–Crippen MR) is 71.1 cm³/mol. The van der Waals surface area contributed by atoms with Crippen molar-refractivity contribution in [2.75, 3.05) is 13.1 Å². The maximum Gasteiger partial charge on any atom is 0.314 e. The molecule has 0 atom stereocenters. The molecular weight excluding hydrogens is 262 g/mol. The van der Waals surface area contributed by atoms with Gasteiger partial charge in [0.25, 0.3) is 0 Å². The molecule has 0 unspecified atom stereocenters. The lowest BCUT2D eigenvalue weighted by Crippen LogP contribution is -2.41. The number of nitrogens with one attached hydrogen (secondary N) is 3. The Labute approximate surface area is 117 Å². The summed E-state index contributed by atoms with van der Waals surface area (Å²) in [6, 6.07) is -0.00960. The summed E-state index contributed by atoms with van der Waals surface area (Å²) in [6.45, 7) is 0.570. The van der Waals surface area contributed by atoms with E-state index >= 15 is 0 Å². The Bertz CT molecular complexity index is 402. The van der Waals surface area contributed by atoms with E-state index in [1.807, 2.05) is 0 Å². The maximum absolute atomic E-state index is 11.5. The van der Waals surface area contributed by atoms with Gasteiger partial charge in [-0.25, -0.2) is 4.79 Å². The standard InChI is InChI=1S/C13H21N3O4/c17-10(16-9-3-4-9)2-1-7-14-12(20)15-8-13(5-6-13)11(18)19/h9H,1-8H2,(H,16,17)(H,18,19)(H2,14,15,20). The molecule has 3 amide bonds. The third kappa shape index (κ3) is 4.40. The van der Waals surface area contributed by atoms with E-state index in [1.165, 1.54) is 0 Å². The predicted octanol–water partition coefficient (Wildman–Crippen LogP) is 0.209. The van der Waals surface area contributed by atoms with E-state index in [2.05, 4.69) is 16.0 Å². The van der Waals surface area contributed by atoms with Crippen LogP contribution in [-0.2, 0) is 9.59 Å². The van der Waals surface area contributed by atoms with Gasteiger partial charge in [0.2, 0.25) is 5.91 Å². The van der Waals surface area contributed by atoms with Crippen LogP contribution in [0.25, 0.3) is 0 Å². The molecule has 2 saturated carbocycles. The molecule has 2 aliphatic carbocycles. The van der Waals surface area contributed by atoms with Crippen LogP contribution in [0.5, 0.6) is 0 Å². The SMILES string of the molecule is O=C(CCCNC(=O)NCC1(C(=O)O)CC1)NC1CC1. The first-order chi connectivity index (χ1) is 9.52. The number of rotatable bonds is 8. The number of urea groups is 1. The highest BCUT2D eigenvalue weighted by atomic mass is 16.4. The van der Waals surface area contributed by atoms with Crippen molar-refractivity contribution < 1.29 is 19.5 Å². The molecule has 0 aromatic carbocycles. The minimum atomic E-state index is -0.852. The average Bonchev–Trinajstić information content (AvgIpc) is 3.26. The smallest absolute Gasteiger partial charge is 0.314 e. The Balaban J connectivity index is 1.49. The van der Waals surface area contributed by atoms with E-state index in [1.54, 1.807) is 0 Å². The number of hydrogen-bond donors (Lipinski definition) is 4. The van der Waals surface area contributed by atoms with Gasteiger partial charge in [0.15, 0.2) is 0 Å². The second-order valence-electron chi connectivity index (χ2n) is 5.64. The number of aliphatic carboxylic acids is 1. The monoisotopic (exact) mass is 283 g/mol. The highest BCUT2D eigenvalue weighted by molar-refractivity contribution is 5.80. The third-order valence-electron chi connectivity index (χ3n) is 3.70. The second kappa shape index (κ2) is 6.11. The van der Waals surface area contributed by atoms with Gasteiger partial charge in [-0.2, -0.15) is 0 Å². The first-order valence-corrected chi connectivity index (χ1v) is 7.06. The molecule has 0 aromatic rings. The lowest BCUT2D eigenvalue weighted by molar-refractivity contribution is -0.143. The lowest BCUT2D eigenvalue weighted by Gasteiger charge is -2.12. The lowest BCUT2D eigenvalue weighted by atomic mass is 10.1. The first-order valence-electron chi connectivity index (χ1n) is 7.06. The number of carboxylic acids is 1. The van der Waals surface area contributed by atoms with Gasteiger partial charge in [0.1, 0.15) is 0 Å². The zero-order valence-corrected chi connectivity index (χ0v) is 11.4. The Hall–Kier alpha value is -1.79. The van der Waals surface area contributed by atoms with Gasteiger partial charge >= 0.3 is 12.0 Å². The fraction of sp³-hybridized carbons (Fsp3) is 0.769. The molecule has 2 fully saturated rings. The molecule has 0 bridgehead atoms. The van der Waals surface area contributed by atoms with Crippen molar-refractivity contribution in [3.8, 4) is 0 Å². The van der Waals surface area contributed by atoms with Gasteiger partial charge in [-0.15, -0.1) is 0 Å². The fourth-order valence-corrected chi connectivity index (χ4v) is 1.91. The minimum Gasteiger partial charge on any atom is -0.481 e. The zero-order chi connectivity index (χ0) is 14.6. The van der Waals surface area contributed by atoms with Crippen molar-refractivity contribution in [3.05, 3.63) is 0 Å². The second-order valence-corrected chi connectivity index (χ2v) is 5.64. The highest BCUT2D eigenvalue weighted by Gasteiger charge is 2.50. The van der Waals surface area contributed by atoms with Crippen LogP contribution >= 0.6 is 0 Å². The molecule has 7 nitrogen and oxygen atoms in total. The molecule has 112 valence electrons. The topological polar surface area (TPSA) is 108 Å². The number of hydrogen-bond acceptors (Lipinski definition) is 3. The number of carbonyl (C=O) groups is 3. The highest BCUT2D eigenvalue weighted by Crippen LogP contribution is 2.45. The van der Waals surface area contributed by atoms with Crippen molar-refractivity contribution in [2.24, 2.45) is 5.41 Å². The van der Waals surface area contributed by atoms with Crippen LogP contribution in [-0.4, -0.2) is 42.1 Å². The van der Waals surface area contributed by atoms with Gasteiger partial charge in [-0.1, -0.05) is 0 Å². The summed E-state index contributed by atoms with van der Waals surface area (Å²) in [4.78, 5) is 33.7. The van der Waals surface area contributed by atoms with Gasteiger partial charge in [0.05, 0.1) is 5.41 Å². The molecule has 0 radical (unpaired) electrons. The molecule has 2 rings (SSSR count). The Morgan fingerprint density at radius 2 is 1.85 bits per heavy atom. The van der Waals surface area contributed by atoms with Gasteiger partial charge < -0.3 is 21.1 Å². The van der Waals surface area contributed by atoms with Crippen molar-refractivity contribution in [1.29, 1.82) is 0 Å². The maximum atomic E-state index is 11.5. The Kier molecular flexibility index (Phi) is 4.46. The summed E-state index contributed by atoms with van der Waals surface area (Å²) in [5.41, 5.74) is -0.749. The zero-order valence-electron chi connectivity index (χ0n) is 11.4. The Morgan fingerprint density at radius 1 is 1.15 bits per heavy atom. The molecular formula is C13H21N3O4. The molecule has 20 heavy (non-hydrogen) atoms. The van der Waals surface area contributed by atoms with Crippen LogP contribution in [0.4, 0.5) is 4.79 Å². The largest absolute Gasteiger partial charge is 0.481 e. The molecule has 0 saturated heterocycles. The van der Waals surface area contributed by atoms with Crippen LogP contribution in [0.2, 0.25) is 0 Å². The summed E-state index contributed by atoms with van der Waals surface area (Å²) in [5, 5.41) is 17.0. The summed E-state index contributed by atoms with van der Waals surface area (Å²) in [6.07, 6.45) is 4.34. The van der Waals surface area contributed by atoms with Crippen molar-refractivity contribution in [1.82, 2.24) is 16.0 Å². The summed E-state index contributed by atoms with van der Waals surface area (Å²) >= 11 is 0. The van der Waals surface area contributed by atoms with Crippen LogP contribution in [0.15, 0.2) is 0 Å². The molecule has 0 aliphatic heterocycles. The van der Waals surface area contributed by atoms with Gasteiger partial charge in [-0.05, 0) is 32.1 Å². The number of carbonyl (C=O) groups excluding carboxylic acids is 2. The average molecular weight is 283 g/mol. The molecule has 0 aromatic heterocycles. The van der Waals surface area contributed by atoms with Crippen LogP contribution in [0, 0.1) is 5.41 Å². The van der Waals surface area contributed by atoms with E-state index < -0.39 is 11.4 Å². The minimum absolute atomic E-state index is 0.0255. The van der Waals surface area contributed by atoms with E-state index in [0.29, 0.717) is 38.3 Å². The summed E-state index contributed by atoms with van der Waals surface area (Å²) in [7, 11) is 0.